The van der Waals surface area contributed by atoms with Crippen LogP contribution in [-0.2, 0) is 11.3 Å². The zero-order valence-corrected chi connectivity index (χ0v) is 12.7. The summed E-state index contributed by atoms with van der Waals surface area (Å²) in [7, 11) is 0. The van der Waals surface area contributed by atoms with Crippen molar-refractivity contribution in [3.05, 3.63) is 16.7 Å². The number of aromatic nitrogens is 2. The molecule has 21 heavy (non-hydrogen) atoms. The highest BCUT2D eigenvalue weighted by molar-refractivity contribution is 6.29. The number of hydrogen-bond acceptors (Lipinski definition) is 4. The fraction of sp³-hybridized carbons (Fsp3) is 0.533. The maximum atomic E-state index is 12.2. The fourth-order valence-corrected chi connectivity index (χ4v) is 2.72. The van der Waals surface area contributed by atoms with Gasteiger partial charge in [0, 0.05) is 0 Å². The Labute approximate surface area is 128 Å². The summed E-state index contributed by atoms with van der Waals surface area (Å²) in [5.74, 6) is 5.36. The van der Waals surface area contributed by atoms with Crippen molar-refractivity contribution < 1.29 is 14.3 Å². The first-order chi connectivity index (χ1) is 10.2. The van der Waals surface area contributed by atoms with Gasteiger partial charge in [-0.2, -0.15) is 0 Å². The summed E-state index contributed by atoms with van der Waals surface area (Å²) in [6.45, 7) is 2.26. The van der Waals surface area contributed by atoms with Gasteiger partial charge in [-0.05, 0) is 37.3 Å². The van der Waals surface area contributed by atoms with Gasteiger partial charge in [-0.1, -0.05) is 18.8 Å². The predicted octanol–water partition coefficient (Wildman–Crippen LogP) is 2.72. The van der Waals surface area contributed by atoms with Crippen molar-refractivity contribution in [2.75, 3.05) is 6.61 Å². The third kappa shape index (κ3) is 3.64. The molecule has 112 valence electrons. The lowest BCUT2D eigenvalue weighted by molar-refractivity contribution is 0.0429. The van der Waals surface area contributed by atoms with E-state index in [9.17, 15) is 9.59 Å². The predicted molar refractivity (Wildman–Crippen MR) is 78.3 cm³/mol. The minimum Gasteiger partial charge on any atom is -0.461 e. The number of imidazole rings is 1. The number of aldehydes is 1. The molecule has 0 unspecified atom stereocenters. The summed E-state index contributed by atoms with van der Waals surface area (Å²) < 4.78 is 6.72. The Kier molecular flexibility index (Phi) is 5.40. The van der Waals surface area contributed by atoms with Crippen LogP contribution in [0, 0.1) is 17.8 Å². The minimum atomic E-state index is -0.568. The van der Waals surface area contributed by atoms with E-state index in [2.05, 4.69) is 16.8 Å². The van der Waals surface area contributed by atoms with Gasteiger partial charge in [0.25, 0.3) is 0 Å². The van der Waals surface area contributed by atoms with Crippen molar-refractivity contribution >= 4 is 23.9 Å². The molecule has 1 heterocycles. The van der Waals surface area contributed by atoms with Crippen LogP contribution in [-0.4, -0.2) is 28.4 Å². The van der Waals surface area contributed by atoms with E-state index in [0.717, 1.165) is 12.8 Å². The number of carbonyl (C=O) groups is 2. The van der Waals surface area contributed by atoms with Crippen molar-refractivity contribution in [3.8, 4) is 11.8 Å². The Morgan fingerprint density at radius 1 is 1.52 bits per heavy atom. The highest BCUT2D eigenvalue weighted by Crippen LogP contribution is 2.25. The Hall–Kier alpha value is -1.80. The van der Waals surface area contributed by atoms with Gasteiger partial charge in [-0.25, -0.2) is 9.78 Å². The number of esters is 1. The van der Waals surface area contributed by atoms with Gasteiger partial charge >= 0.3 is 5.97 Å². The first-order valence-electron chi connectivity index (χ1n) is 6.95. The molecule has 0 amide bonds. The molecule has 0 N–H and O–H groups in total. The summed E-state index contributed by atoms with van der Waals surface area (Å²) in [6, 6.07) is 0. The summed E-state index contributed by atoms with van der Waals surface area (Å²) in [5, 5.41) is 0.0627. The molecule has 1 saturated carbocycles. The van der Waals surface area contributed by atoms with Gasteiger partial charge in [0.05, 0.1) is 13.2 Å². The van der Waals surface area contributed by atoms with Crippen LogP contribution < -0.4 is 0 Å². The number of halogens is 1. The SMILES string of the molecule is CC#CCn1c(Cl)nc(C=O)c1C(=O)OCC1CCCC1. The zero-order chi connectivity index (χ0) is 15.2. The van der Waals surface area contributed by atoms with Gasteiger partial charge in [-0.15, -0.1) is 5.92 Å². The standard InChI is InChI=1S/C15H17ClN2O3/c1-2-3-8-18-13(12(9-19)17-15(18)16)14(20)21-10-11-6-4-5-7-11/h9,11H,4-8,10H2,1H3. The summed E-state index contributed by atoms with van der Waals surface area (Å²) in [4.78, 5) is 27.2. The van der Waals surface area contributed by atoms with E-state index in [0.29, 0.717) is 18.8 Å². The van der Waals surface area contributed by atoms with Gasteiger partial charge in [0.1, 0.15) is 5.69 Å². The Balaban J connectivity index is 2.16. The van der Waals surface area contributed by atoms with Gasteiger partial charge in [0.2, 0.25) is 5.28 Å². The zero-order valence-electron chi connectivity index (χ0n) is 11.9. The lowest BCUT2D eigenvalue weighted by atomic mass is 10.1. The molecule has 0 atom stereocenters. The number of carbonyl (C=O) groups excluding carboxylic acids is 2. The molecule has 0 spiro atoms. The molecule has 0 radical (unpaired) electrons. The monoisotopic (exact) mass is 308 g/mol. The number of hydrogen-bond donors (Lipinski definition) is 0. The van der Waals surface area contributed by atoms with E-state index < -0.39 is 5.97 Å². The highest BCUT2D eigenvalue weighted by atomic mass is 35.5. The first kappa shape index (κ1) is 15.6. The molecule has 0 saturated heterocycles. The van der Waals surface area contributed by atoms with E-state index in [1.165, 1.54) is 17.4 Å². The van der Waals surface area contributed by atoms with E-state index in [1.54, 1.807) is 6.92 Å². The van der Waals surface area contributed by atoms with E-state index in [4.69, 9.17) is 16.3 Å². The second-order valence-electron chi connectivity index (χ2n) is 4.99. The average Bonchev–Trinajstić information content (AvgIpc) is 3.10. The van der Waals surface area contributed by atoms with Crippen molar-refractivity contribution in [2.45, 2.75) is 39.2 Å². The van der Waals surface area contributed by atoms with Crippen LogP contribution in [0.3, 0.4) is 0 Å². The lowest BCUT2D eigenvalue weighted by Crippen LogP contribution is -2.17. The molecule has 0 bridgehead atoms. The molecule has 6 heteroatoms. The van der Waals surface area contributed by atoms with Crippen molar-refractivity contribution in [1.82, 2.24) is 9.55 Å². The molecular formula is C15H17ClN2O3. The largest absolute Gasteiger partial charge is 0.461 e. The Morgan fingerprint density at radius 3 is 2.86 bits per heavy atom. The van der Waals surface area contributed by atoms with E-state index in [-0.39, 0.29) is 23.2 Å². The van der Waals surface area contributed by atoms with Gasteiger partial charge < -0.3 is 4.74 Å². The van der Waals surface area contributed by atoms with Gasteiger partial charge in [-0.3, -0.25) is 9.36 Å². The van der Waals surface area contributed by atoms with Crippen LogP contribution in [0.2, 0.25) is 5.28 Å². The summed E-state index contributed by atoms with van der Waals surface area (Å²) >= 11 is 5.95. The molecule has 0 aromatic carbocycles. The molecule has 0 aliphatic heterocycles. The van der Waals surface area contributed by atoms with Crippen LogP contribution in [0.1, 0.15) is 53.6 Å². The average molecular weight is 309 g/mol. The number of nitrogens with zero attached hydrogens (tertiary/aromatic N) is 2. The first-order valence-corrected chi connectivity index (χ1v) is 7.33. The van der Waals surface area contributed by atoms with Crippen LogP contribution >= 0.6 is 11.6 Å². The second kappa shape index (κ2) is 7.28. The van der Waals surface area contributed by atoms with Crippen molar-refractivity contribution in [1.29, 1.82) is 0 Å². The maximum absolute atomic E-state index is 12.2. The van der Waals surface area contributed by atoms with Crippen molar-refractivity contribution in [2.24, 2.45) is 5.92 Å². The smallest absolute Gasteiger partial charge is 0.357 e. The van der Waals surface area contributed by atoms with Crippen LogP contribution in [0.4, 0.5) is 0 Å². The second-order valence-corrected chi connectivity index (χ2v) is 5.33. The third-order valence-corrected chi connectivity index (χ3v) is 3.88. The summed E-state index contributed by atoms with van der Waals surface area (Å²) in [5.41, 5.74) is 0.0741. The quantitative estimate of drug-likeness (QED) is 0.477. The van der Waals surface area contributed by atoms with E-state index in [1.807, 2.05) is 0 Å². The molecule has 1 fully saturated rings. The molecule has 1 aliphatic rings. The highest BCUT2D eigenvalue weighted by Gasteiger charge is 2.24. The normalized spacial score (nSPS) is 14.6. The topological polar surface area (TPSA) is 61.2 Å². The number of rotatable bonds is 5. The molecule has 1 aliphatic carbocycles. The van der Waals surface area contributed by atoms with Crippen LogP contribution in [0.15, 0.2) is 0 Å². The minimum absolute atomic E-state index is 0.00525. The van der Waals surface area contributed by atoms with Gasteiger partial charge in [0.15, 0.2) is 12.0 Å². The summed E-state index contributed by atoms with van der Waals surface area (Å²) in [6.07, 6.45) is 5.02. The molecule has 1 aromatic rings. The molecule has 5 nitrogen and oxygen atoms in total. The van der Waals surface area contributed by atoms with Crippen molar-refractivity contribution in [3.63, 3.8) is 0 Å². The van der Waals surface area contributed by atoms with E-state index >= 15 is 0 Å². The maximum Gasteiger partial charge on any atom is 0.357 e. The molecular weight excluding hydrogens is 292 g/mol. The molecule has 2 rings (SSSR count). The lowest BCUT2D eigenvalue weighted by Gasteiger charge is -2.11. The number of ether oxygens (including phenoxy) is 1. The Morgan fingerprint density at radius 2 is 2.24 bits per heavy atom. The Bertz CT molecular complexity index is 592. The third-order valence-electron chi connectivity index (χ3n) is 3.59. The van der Waals surface area contributed by atoms with Crippen LogP contribution in [0.5, 0.6) is 0 Å². The fourth-order valence-electron chi connectivity index (χ4n) is 2.48. The molecule has 1 aromatic heterocycles. The van der Waals surface area contributed by atoms with Crippen LogP contribution in [0.25, 0.3) is 0 Å².